The summed E-state index contributed by atoms with van der Waals surface area (Å²) in [5, 5.41) is 3.23. The van der Waals surface area contributed by atoms with Crippen molar-refractivity contribution in [2.75, 3.05) is 6.61 Å². The van der Waals surface area contributed by atoms with Gasteiger partial charge in [-0.15, -0.1) is 0 Å². The lowest BCUT2D eigenvalue weighted by Crippen LogP contribution is -2.43. The highest BCUT2D eigenvalue weighted by atomic mass is 19.1. The van der Waals surface area contributed by atoms with E-state index < -0.39 is 0 Å². The molecule has 0 radical (unpaired) electrons. The van der Waals surface area contributed by atoms with Gasteiger partial charge in [-0.25, -0.2) is 4.39 Å². The molecule has 210 valence electrons. The third-order valence-electron chi connectivity index (χ3n) is 7.09. The lowest BCUT2D eigenvalue weighted by atomic mass is 9.88. The molecule has 4 aromatic carbocycles. The van der Waals surface area contributed by atoms with Crippen molar-refractivity contribution in [1.82, 2.24) is 5.32 Å². The van der Waals surface area contributed by atoms with E-state index in [-0.39, 0.29) is 36.3 Å². The lowest BCUT2D eigenvalue weighted by Gasteiger charge is -2.28. The average Bonchev–Trinajstić information content (AvgIpc) is 2.98. The van der Waals surface area contributed by atoms with Crippen LogP contribution in [0.5, 0.6) is 0 Å². The predicted octanol–water partition coefficient (Wildman–Crippen LogP) is 6.58. The maximum Gasteiger partial charge on any atom is 0.302 e. The van der Waals surface area contributed by atoms with Crippen molar-refractivity contribution in [2.45, 2.75) is 32.2 Å². The smallest absolute Gasteiger partial charge is 0.302 e. The molecule has 0 bridgehead atoms. The zero-order chi connectivity index (χ0) is 29.2. The molecule has 0 heterocycles. The van der Waals surface area contributed by atoms with Gasteiger partial charge in [-0.1, -0.05) is 79.4 Å². The van der Waals surface area contributed by atoms with E-state index in [1.54, 1.807) is 24.3 Å². The largest absolute Gasteiger partial charge is 0.465 e. The van der Waals surface area contributed by atoms with Crippen LogP contribution >= 0.6 is 0 Å². The first-order valence-electron chi connectivity index (χ1n) is 13.7. The van der Waals surface area contributed by atoms with Crippen molar-refractivity contribution >= 4 is 17.6 Å². The predicted molar refractivity (Wildman–Crippen MR) is 161 cm³/mol. The van der Waals surface area contributed by atoms with Crippen LogP contribution in [0.2, 0.25) is 0 Å². The number of esters is 1. The number of carbonyl (C=O) groups is 2. The van der Waals surface area contributed by atoms with E-state index in [4.69, 9.17) is 10.5 Å². The molecular formula is C35H35FN2O3. The molecule has 4 rings (SSSR count). The molecule has 1 amide bonds. The van der Waals surface area contributed by atoms with Gasteiger partial charge in [-0.3, -0.25) is 9.59 Å². The number of carbonyl (C=O) groups excluding carboxylic acids is 2. The Morgan fingerprint density at radius 2 is 1.49 bits per heavy atom. The molecule has 0 fully saturated rings. The molecule has 0 saturated heterocycles. The molecule has 41 heavy (non-hydrogen) atoms. The Balaban J connectivity index is 1.58. The van der Waals surface area contributed by atoms with E-state index in [0.717, 1.165) is 34.2 Å². The van der Waals surface area contributed by atoms with Gasteiger partial charge in [0.05, 0.1) is 6.61 Å². The number of rotatable bonds is 12. The highest BCUT2D eigenvalue weighted by Gasteiger charge is 2.26. The Morgan fingerprint density at radius 1 is 0.854 bits per heavy atom. The quantitative estimate of drug-likeness (QED) is 0.195. The first kappa shape index (κ1) is 29.3. The summed E-state index contributed by atoms with van der Waals surface area (Å²) in [7, 11) is 0. The Morgan fingerprint density at radius 3 is 2.12 bits per heavy atom. The Bertz CT molecular complexity index is 1470. The molecule has 0 aliphatic heterocycles. The number of nitrogens with two attached hydrogens (primary N) is 1. The van der Waals surface area contributed by atoms with Gasteiger partial charge in [0, 0.05) is 30.1 Å². The maximum atomic E-state index is 13.5. The van der Waals surface area contributed by atoms with Crippen molar-refractivity contribution in [2.24, 2.45) is 11.7 Å². The van der Waals surface area contributed by atoms with Crippen LogP contribution in [0.4, 0.5) is 4.39 Å². The van der Waals surface area contributed by atoms with E-state index in [1.165, 1.54) is 19.1 Å². The summed E-state index contributed by atoms with van der Waals surface area (Å²) in [5.74, 6) is -1.07. The molecular weight excluding hydrogens is 515 g/mol. The molecule has 0 aromatic heterocycles. The van der Waals surface area contributed by atoms with Gasteiger partial charge in [0.15, 0.2) is 0 Å². The first-order chi connectivity index (χ1) is 19.8. The zero-order valence-corrected chi connectivity index (χ0v) is 23.2. The van der Waals surface area contributed by atoms with Crippen molar-refractivity contribution in [3.05, 3.63) is 138 Å². The van der Waals surface area contributed by atoms with Gasteiger partial charge in [0.2, 0.25) is 0 Å². The van der Waals surface area contributed by atoms with Gasteiger partial charge in [-0.2, -0.15) is 0 Å². The van der Waals surface area contributed by atoms with Crippen LogP contribution < -0.4 is 11.1 Å². The minimum Gasteiger partial charge on any atom is -0.465 e. The summed E-state index contributed by atoms with van der Waals surface area (Å²) in [5.41, 5.74) is 11.7. The number of halogens is 1. The fourth-order valence-electron chi connectivity index (χ4n) is 4.84. The van der Waals surface area contributed by atoms with E-state index in [9.17, 15) is 14.0 Å². The SMILES string of the molecule is C=C(N)c1cccc(CC(COC(C)=O)C(CCc2ccccc2)NC(=O)c2ccc(-c3ccc(F)cc3)cc2)c1. The van der Waals surface area contributed by atoms with Crippen LogP contribution in [0.25, 0.3) is 16.8 Å². The Kier molecular flexibility index (Phi) is 10.1. The zero-order valence-electron chi connectivity index (χ0n) is 23.2. The second-order valence-corrected chi connectivity index (χ2v) is 10.2. The lowest BCUT2D eigenvalue weighted by molar-refractivity contribution is -0.142. The number of benzene rings is 4. The van der Waals surface area contributed by atoms with Crippen LogP contribution in [0, 0.1) is 11.7 Å². The number of aryl methyl sites for hydroxylation is 1. The van der Waals surface area contributed by atoms with E-state index in [1.807, 2.05) is 54.6 Å². The standard InChI is InChI=1S/C35H35FN2O3/c1-24(37)31-10-6-9-27(21-31)22-32(23-41-25(2)39)34(20-11-26-7-4-3-5-8-26)38-35(40)30-14-12-28(13-15-30)29-16-18-33(36)19-17-29/h3-10,12-19,21,32,34H,1,11,20,22-23,37H2,2H3,(H,38,40). The molecule has 0 aliphatic carbocycles. The summed E-state index contributed by atoms with van der Waals surface area (Å²) in [6, 6.07) is 31.1. The highest BCUT2D eigenvalue weighted by molar-refractivity contribution is 5.95. The summed E-state index contributed by atoms with van der Waals surface area (Å²) in [6.07, 6.45) is 1.96. The van der Waals surface area contributed by atoms with Crippen LogP contribution in [-0.2, 0) is 22.4 Å². The second-order valence-electron chi connectivity index (χ2n) is 10.2. The van der Waals surface area contributed by atoms with Crippen molar-refractivity contribution in [3.63, 3.8) is 0 Å². The van der Waals surface area contributed by atoms with Gasteiger partial charge in [-0.05, 0) is 77.4 Å². The number of nitrogens with one attached hydrogen (secondary N) is 1. The first-order valence-corrected chi connectivity index (χ1v) is 13.7. The third kappa shape index (κ3) is 8.64. The molecule has 0 spiro atoms. The molecule has 2 unspecified atom stereocenters. The van der Waals surface area contributed by atoms with Gasteiger partial charge >= 0.3 is 5.97 Å². The minimum atomic E-state index is -0.372. The van der Waals surface area contributed by atoms with E-state index in [2.05, 4.69) is 24.0 Å². The molecule has 2 atom stereocenters. The van der Waals surface area contributed by atoms with E-state index >= 15 is 0 Å². The van der Waals surface area contributed by atoms with Crippen molar-refractivity contribution in [3.8, 4) is 11.1 Å². The maximum absolute atomic E-state index is 13.5. The van der Waals surface area contributed by atoms with Crippen LogP contribution in [0.3, 0.4) is 0 Å². The summed E-state index contributed by atoms with van der Waals surface area (Å²) in [6.45, 7) is 5.38. The van der Waals surface area contributed by atoms with Gasteiger partial charge in [0.1, 0.15) is 5.82 Å². The van der Waals surface area contributed by atoms with Crippen LogP contribution in [0.1, 0.15) is 40.4 Å². The summed E-state index contributed by atoms with van der Waals surface area (Å²) >= 11 is 0. The highest BCUT2D eigenvalue weighted by Crippen LogP contribution is 2.23. The summed E-state index contributed by atoms with van der Waals surface area (Å²) in [4.78, 5) is 25.3. The molecule has 6 heteroatoms. The minimum absolute atomic E-state index is 0.159. The summed E-state index contributed by atoms with van der Waals surface area (Å²) < 4.78 is 18.8. The average molecular weight is 551 g/mol. The Labute approximate surface area is 240 Å². The van der Waals surface area contributed by atoms with Crippen LogP contribution in [0.15, 0.2) is 110 Å². The third-order valence-corrected chi connectivity index (χ3v) is 7.09. The second kappa shape index (κ2) is 14.1. The van der Waals surface area contributed by atoms with E-state index in [0.29, 0.717) is 24.1 Å². The fourth-order valence-corrected chi connectivity index (χ4v) is 4.84. The molecule has 0 saturated carbocycles. The fraction of sp³-hybridized carbons (Fsp3) is 0.200. The van der Waals surface area contributed by atoms with Crippen LogP contribution in [-0.4, -0.2) is 24.5 Å². The number of ether oxygens (including phenoxy) is 1. The monoisotopic (exact) mass is 550 g/mol. The normalized spacial score (nSPS) is 12.2. The molecule has 4 aromatic rings. The van der Waals surface area contributed by atoms with Gasteiger partial charge in [0.25, 0.3) is 5.91 Å². The topological polar surface area (TPSA) is 81.4 Å². The van der Waals surface area contributed by atoms with Crippen molar-refractivity contribution in [1.29, 1.82) is 0 Å². The number of hydrogen-bond donors (Lipinski definition) is 2. The van der Waals surface area contributed by atoms with Crippen molar-refractivity contribution < 1.29 is 18.7 Å². The number of hydrogen-bond acceptors (Lipinski definition) is 4. The Hall–Kier alpha value is -4.71. The molecule has 0 aliphatic rings. The molecule has 3 N–H and O–H groups in total. The van der Waals surface area contributed by atoms with Gasteiger partial charge < -0.3 is 15.8 Å². The number of amides is 1. The molecule has 5 nitrogen and oxygen atoms in total.